The monoisotopic (exact) mass is 623 g/mol. The van der Waals surface area contributed by atoms with Crippen LogP contribution in [0.1, 0.15) is 40.9 Å². The van der Waals surface area contributed by atoms with Gasteiger partial charge in [0, 0.05) is 27.4 Å². The fourth-order valence-electron chi connectivity index (χ4n) is 4.62. The lowest BCUT2D eigenvalue weighted by Gasteiger charge is -2.16. The summed E-state index contributed by atoms with van der Waals surface area (Å²) in [5.74, 6) is -0.136. The Hall–Kier alpha value is -5.02. The number of anilines is 2. The third-order valence-corrected chi connectivity index (χ3v) is 8.16. The first-order valence-electron chi connectivity index (χ1n) is 14.5. The number of para-hydroxylation sites is 2. The zero-order valence-corrected chi connectivity index (χ0v) is 26.8. The smallest absolute Gasteiger partial charge is 0.272 e. The van der Waals surface area contributed by atoms with E-state index >= 15 is 0 Å². The third-order valence-electron chi connectivity index (χ3n) is 7.04. The maximum absolute atomic E-state index is 13.5. The molecule has 4 aromatic rings. The van der Waals surface area contributed by atoms with Crippen molar-refractivity contribution in [1.29, 1.82) is 0 Å². The molecule has 0 radical (unpaired) electrons. The van der Waals surface area contributed by atoms with Gasteiger partial charge in [0.2, 0.25) is 5.91 Å². The largest absolute Gasteiger partial charge is 0.493 e. The summed E-state index contributed by atoms with van der Waals surface area (Å²) in [7, 11) is 3.03. The van der Waals surface area contributed by atoms with Crippen molar-refractivity contribution in [2.24, 2.45) is 0 Å². The second-order valence-electron chi connectivity index (χ2n) is 10.2. The maximum atomic E-state index is 13.5. The van der Waals surface area contributed by atoms with Crippen molar-refractivity contribution < 1.29 is 23.9 Å². The Kier molecular flexibility index (Phi) is 11.4. The number of methoxy groups -OCH3 is 2. The number of carbonyl (C=O) groups is 3. The summed E-state index contributed by atoms with van der Waals surface area (Å²) >= 11 is 1.42. The minimum atomic E-state index is -0.526. The molecular weight excluding hydrogens is 586 g/mol. The van der Waals surface area contributed by atoms with E-state index < -0.39 is 11.8 Å². The van der Waals surface area contributed by atoms with Crippen LogP contribution in [0, 0.1) is 6.92 Å². The van der Waals surface area contributed by atoms with E-state index in [1.165, 1.54) is 26.0 Å². The molecule has 0 heterocycles. The summed E-state index contributed by atoms with van der Waals surface area (Å²) in [6.07, 6.45) is 2.37. The van der Waals surface area contributed by atoms with Gasteiger partial charge in [0.05, 0.1) is 19.5 Å². The average Bonchev–Trinajstić information content (AvgIpc) is 3.06. The maximum Gasteiger partial charge on any atom is 0.272 e. The first kappa shape index (κ1) is 32.9. The molecule has 0 aliphatic heterocycles. The van der Waals surface area contributed by atoms with Gasteiger partial charge in [-0.1, -0.05) is 55.5 Å². The molecule has 3 N–H and O–H groups in total. The molecule has 0 saturated heterocycles. The van der Waals surface area contributed by atoms with E-state index in [4.69, 9.17) is 9.47 Å². The van der Waals surface area contributed by atoms with Gasteiger partial charge >= 0.3 is 0 Å². The molecule has 0 aromatic heterocycles. The van der Waals surface area contributed by atoms with Crippen LogP contribution in [0.15, 0.2) is 102 Å². The van der Waals surface area contributed by atoms with Crippen LogP contribution in [0.5, 0.6) is 11.5 Å². The number of hydrogen-bond acceptors (Lipinski definition) is 6. The van der Waals surface area contributed by atoms with Gasteiger partial charge in [0.15, 0.2) is 11.5 Å². The van der Waals surface area contributed by atoms with Crippen molar-refractivity contribution in [3.05, 3.63) is 119 Å². The first-order valence-corrected chi connectivity index (χ1v) is 15.4. The van der Waals surface area contributed by atoms with Crippen LogP contribution in [-0.4, -0.2) is 37.2 Å². The number of hydrogen-bond donors (Lipinski definition) is 3. The van der Waals surface area contributed by atoms with Crippen LogP contribution in [-0.2, 0) is 16.0 Å². The number of aryl methyl sites for hydroxylation is 2. The van der Waals surface area contributed by atoms with Crippen LogP contribution < -0.4 is 25.4 Å². The minimum absolute atomic E-state index is 0.0156. The van der Waals surface area contributed by atoms with Gasteiger partial charge in [-0.25, -0.2) is 0 Å². The van der Waals surface area contributed by atoms with Crippen LogP contribution in [0.4, 0.5) is 11.4 Å². The Labute approximate surface area is 268 Å². The minimum Gasteiger partial charge on any atom is -0.493 e. The highest BCUT2D eigenvalue weighted by molar-refractivity contribution is 8.00. The second kappa shape index (κ2) is 15.6. The molecule has 0 bridgehead atoms. The molecule has 9 heteroatoms. The normalized spacial score (nSPS) is 11.7. The summed E-state index contributed by atoms with van der Waals surface area (Å²) in [5.41, 5.74) is 4.48. The molecule has 232 valence electrons. The van der Waals surface area contributed by atoms with Crippen LogP contribution in [0.3, 0.4) is 0 Å². The highest BCUT2D eigenvalue weighted by atomic mass is 32.2. The Balaban J connectivity index is 1.49. The number of thioether (sulfide) groups is 1. The average molecular weight is 624 g/mol. The van der Waals surface area contributed by atoms with Crippen LogP contribution >= 0.6 is 11.8 Å². The summed E-state index contributed by atoms with van der Waals surface area (Å²) < 4.78 is 10.9. The molecule has 0 spiro atoms. The van der Waals surface area contributed by atoms with Gasteiger partial charge in [-0.3, -0.25) is 14.4 Å². The SMILES string of the molecule is CCc1cccc(C)c1NC(=O)C(C)Sc1ccc(NC(=O)/C(=C/c2cccc(OC)c2OC)NC(=O)c2ccccc2)cc1. The van der Waals surface area contributed by atoms with Crippen molar-refractivity contribution in [2.45, 2.75) is 37.3 Å². The number of carbonyl (C=O) groups excluding carboxylic acids is 3. The Morgan fingerprint density at radius 1 is 0.844 bits per heavy atom. The van der Waals surface area contributed by atoms with Crippen molar-refractivity contribution in [1.82, 2.24) is 5.32 Å². The number of ether oxygens (including phenoxy) is 2. The van der Waals surface area contributed by atoms with E-state index in [9.17, 15) is 14.4 Å². The fraction of sp³-hybridized carbons (Fsp3) is 0.194. The van der Waals surface area contributed by atoms with Crippen molar-refractivity contribution in [2.75, 3.05) is 24.9 Å². The summed E-state index contributed by atoms with van der Waals surface area (Å²) in [6.45, 7) is 5.91. The van der Waals surface area contributed by atoms with E-state index in [0.29, 0.717) is 28.3 Å². The van der Waals surface area contributed by atoms with Gasteiger partial charge in [0.25, 0.3) is 11.8 Å². The topological polar surface area (TPSA) is 106 Å². The third kappa shape index (κ3) is 8.55. The molecular formula is C36H37N3O5S. The number of rotatable bonds is 12. The predicted molar refractivity (Wildman–Crippen MR) is 181 cm³/mol. The number of nitrogens with one attached hydrogen (secondary N) is 3. The van der Waals surface area contributed by atoms with E-state index in [1.807, 2.05) is 50.2 Å². The quantitative estimate of drug-likeness (QED) is 0.115. The van der Waals surface area contributed by atoms with Crippen LogP contribution in [0.2, 0.25) is 0 Å². The molecule has 4 rings (SSSR count). The van der Waals surface area contributed by atoms with E-state index in [2.05, 4.69) is 22.9 Å². The van der Waals surface area contributed by atoms with Crippen LogP contribution in [0.25, 0.3) is 6.08 Å². The van der Waals surface area contributed by atoms with E-state index in [1.54, 1.807) is 60.7 Å². The molecule has 0 aliphatic carbocycles. The Bertz CT molecular complexity index is 1690. The van der Waals surface area contributed by atoms with Gasteiger partial charge < -0.3 is 25.4 Å². The number of amides is 3. The lowest BCUT2D eigenvalue weighted by molar-refractivity contribution is -0.115. The van der Waals surface area contributed by atoms with Gasteiger partial charge in [-0.2, -0.15) is 0 Å². The Morgan fingerprint density at radius 3 is 2.22 bits per heavy atom. The van der Waals surface area contributed by atoms with Crippen molar-refractivity contribution >= 4 is 46.9 Å². The molecule has 0 fully saturated rings. The first-order chi connectivity index (χ1) is 21.7. The summed E-state index contributed by atoms with van der Waals surface area (Å²) in [6, 6.07) is 27.1. The van der Waals surface area contributed by atoms with Gasteiger partial charge in [-0.15, -0.1) is 11.8 Å². The molecule has 1 unspecified atom stereocenters. The highest BCUT2D eigenvalue weighted by Gasteiger charge is 2.19. The zero-order valence-electron chi connectivity index (χ0n) is 26.0. The van der Waals surface area contributed by atoms with Gasteiger partial charge in [0.1, 0.15) is 5.70 Å². The molecule has 45 heavy (non-hydrogen) atoms. The van der Waals surface area contributed by atoms with Crippen molar-refractivity contribution in [3.63, 3.8) is 0 Å². The van der Waals surface area contributed by atoms with E-state index in [-0.39, 0.29) is 16.9 Å². The molecule has 8 nitrogen and oxygen atoms in total. The standard InChI is InChI=1S/C36H37N3O5S/c1-6-25-15-10-12-23(2)32(25)39-34(40)24(3)45-29-20-18-28(19-21-29)37-36(42)30(38-35(41)26-13-8-7-9-14-26)22-27-16-11-17-31(43-4)33(27)44-5/h7-22,24H,6H2,1-5H3,(H,37,42)(H,38,41)(H,39,40)/b30-22-. The summed E-state index contributed by atoms with van der Waals surface area (Å²) in [5, 5.41) is 8.33. The predicted octanol–water partition coefficient (Wildman–Crippen LogP) is 7.10. The molecule has 4 aromatic carbocycles. The molecule has 1 atom stereocenters. The molecule has 0 aliphatic rings. The molecule has 3 amide bonds. The number of benzene rings is 4. The fourth-order valence-corrected chi connectivity index (χ4v) is 5.49. The second-order valence-corrected chi connectivity index (χ2v) is 11.6. The van der Waals surface area contributed by atoms with E-state index in [0.717, 1.165) is 28.1 Å². The lowest BCUT2D eigenvalue weighted by Crippen LogP contribution is -2.30. The van der Waals surface area contributed by atoms with Crippen molar-refractivity contribution in [3.8, 4) is 11.5 Å². The highest BCUT2D eigenvalue weighted by Crippen LogP contribution is 2.32. The van der Waals surface area contributed by atoms with Gasteiger partial charge in [-0.05, 0) is 79.9 Å². The summed E-state index contributed by atoms with van der Waals surface area (Å²) in [4.78, 5) is 40.4. The zero-order chi connectivity index (χ0) is 32.3. The lowest BCUT2D eigenvalue weighted by atomic mass is 10.1. The molecule has 0 saturated carbocycles. The Morgan fingerprint density at radius 2 is 1.56 bits per heavy atom.